The van der Waals surface area contributed by atoms with Crippen molar-refractivity contribution in [1.29, 1.82) is 0 Å². The molecule has 2 N–H and O–H groups in total. The molecule has 1 aromatic carbocycles. The Kier molecular flexibility index (Phi) is 8.01. The fourth-order valence-corrected chi connectivity index (χ4v) is 5.45. The van der Waals surface area contributed by atoms with Crippen LogP contribution >= 0.6 is 79.5 Å². The van der Waals surface area contributed by atoms with Crippen LogP contribution in [0.1, 0.15) is 0 Å². The van der Waals surface area contributed by atoms with Gasteiger partial charge in [-0.05, 0) is 79.9 Å². The van der Waals surface area contributed by atoms with E-state index in [4.69, 9.17) is 5.11 Å². The molecule has 0 heterocycles. The van der Waals surface area contributed by atoms with Crippen molar-refractivity contribution in [2.45, 2.75) is 0 Å². The van der Waals surface area contributed by atoms with Crippen LogP contribution in [0.3, 0.4) is 0 Å². The molecule has 0 aliphatic rings. The highest BCUT2D eigenvalue weighted by Gasteiger charge is 2.10. The minimum absolute atomic E-state index is 0.0273. The summed E-state index contributed by atoms with van der Waals surface area (Å²) in [7, 11) is 0. The Balaban J connectivity index is 2.65. The summed E-state index contributed by atoms with van der Waals surface area (Å²) in [6.07, 6.45) is 0. The first-order valence-electron chi connectivity index (χ1n) is 4.67. The van der Waals surface area contributed by atoms with Gasteiger partial charge in [-0.25, -0.2) is 0 Å². The number of halogens is 3. The molecule has 0 spiro atoms. The van der Waals surface area contributed by atoms with Gasteiger partial charge in [-0.3, -0.25) is 4.79 Å². The fourth-order valence-electron chi connectivity index (χ4n) is 1.07. The molecule has 0 radical (unpaired) electrons. The topological polar surface area (TPSA) is 49.3 Å². The van der Waals surface area contributed by atoms with E-state index in [0.29, 0.717) is 11.5 Å². The predicted octanol–water partition coefficient (Wildman–Crippen LogP) is 3.16. The Morgan fingerprint density at radius 2 is 1.88 bits per heavy atom. The number of hydrogen-bond donors (Lipinski definition) is 2. The standard InChI is InChI=1S/C10H10I3NO2S/c11-6-3-7(12)10(8(13)4-6)14-9(16)5-17-2-1-15/h3-4,15H,1-2,5H2,(H,14,16). The Bertz CT molecular complexity index is 392. The van der Waals surface area contributed by atoms with Gasteiger partial charge in [-0.2, -0.15) is 0 Å². The highest BCUT2D eigenvalue weighted by molar-refractivity contribution is 14.1. The van der Waals surface area contributed by atoms with E-state index in [-0.39, 0.29) is 12.5 Å². The summed E-state index contributed by atoms with van der Waals surface area (Å²) in [5.41, 5.74) is 0.876. The van der Waals surface area contributed by atoms with Crippen LogP contribution in [0, 0.1) is 10.7 Å². The third kappa shape index (κ3) is 5.78. The molecule has 1 amide bonds. The lowest BCUT2D eigenvalue weighted by Crippen LogP contribution is -2.16. The first kappa shape index (κ1) is 16.2. The van der Waals surface area contributed by atoms with E-state index in [1.54, 1.807) is 0 Å². The van der Waals surface area contributed by atoms with Gasteiger partial charge in [0, 0.05) is 16.5 Å². The van der Waals surface area contributed by atoms with Gasteiger partial charge in [0.15, 0.2) is 0 Å². The number of thioether (sulfide) groups is 1. The van der Waals surface area contributed by atoms with Gasteiger partial charge in [0.2, 0.25) is 5.91 Å². The maximum absolute atomic E-state index is 11.7. The fraction of sp³-hybridized carbons (Fsp3) is 0.300. The zero-order valence-corrected chi connectivity index (χ0v) is 16.0. The quantitative estimate of drug-likeness (QED) is 0.411. The van der Waals surface area contributed by atoms with Crippen LogP contribution < -0.4 is 5.32 Å². The lowest BCUT2D eigenvalue weighted by molar-refractivity contribution is -0.113. The van der Waals surface area contributed by atoms with Crippen molar-refractivity contribution in [1.82, 2.24) is 0 Å². The Labute approximate surface area is 145 Å². The van der Waals surface area contributed by atoms with E-state index >= 15 is 0 Å². The van der Waals surface area contributed by atoms with E-state index in [0.717, 1.165) is 16.4 Å². The number of amides is 1. The van der Waals surface area contributed by atoms with Crippen molar-refractivity contribution < 1.29 is 9.90 Å². The number of benzene rings is 1. The average molecular weight is 589 g/mol. The molecule has 0 aliphatic heterocycles. The second-order valence-electron chi connectivity index (χ2n) is 3.07. The number of anilines is 1. The number of nitrogens with one attached hydrogen (secondary N) is 1. The Morgan fingerprint density at radius 3 is 2.41 bits per heavy atom. The van der Waals surface area contributed by atoms with Crippen LogP contribution in [0.2, 0.25) is 0 Å². The second kappa shape index (κ2) is 8.38. The van der Waals surface area contributed by atoms with Crippen LogP contribution in [0.5, 0.6) is 0 Å². The van der Waals surface area contributed by atoms with Gasteiger partial charge in [0.05, 0.1) is 18.0 Å². The SMILES string of the molecule is O=C(CSCCO)Nc1c(I)cc(I)cc1I. The summed E-state index contributed by atoms with van der Waals surface area (Å²) in [5.74, 6) is 0.938. The van der Waals surface area contributed by atoms with E-state index < -0.39 is 0 Å². The summed E-state index contributed by atoms with van der Waals surface area (Å²) in [6.45, 7) is 0.108. The van der Waals surface area contributed by atoms with E-state index in [9.17, 15) is 4.79 Å². The van der Waals surface area contributed by atoms with Crippen LogP contribution in [0.25, 0.3) is 0 Å². The van der Waals surface area contributed by atoms with Gasteiger partial charge in [0.25, 0.3) is 0 Å². The number of carbonyl (C=O) groups is 1. The van der Waals surface area contributed by atoms with Crippen LogP contribution in [-0.2, 0) is 4.79 Å². The van der Waals surface area contributed by atoms with Crippen molar-refractivity contribution in [3.8, 4) is 0 Å². The summed E-state index contributed by atoms with van der Waals surface area (Å²) < 4.78 is 3.24. The Morgan fingerprint density at radius 1 is 1.29 bits per heavy atom. The largest absolute Gasteiger partial charge is 0.396 e. The summed E-state index contributed by atoms with van der Waals surface area (Å²) in [5, 5.41) is 11.5. The molecule has 94 valence electrons. The van der Waals surface area contributed by atoms with Crippen LogP contribution in [0.15, 0.2) is 12.1 Å². The molecule has 0 unspecified atom stereocenters. The van der Waals surface area contributed by atoms with E-state index in [1.165, 1.54) is 11.8 Å². The van der Waals surface area contributed by atoms with Gasteiger partial charge < -0.3 is 10.4 Å². The zero-order chi connectivity index (χ0) is 12.8. The molecule has 1 rings (SSSR count). The first-order chi connectivity index (χ1) is 8.04. The van der Waals surface area contributed by atoms with Gasteiger partial charge in [0.1, 0.15) is 0 Å². The molecule has 0 fully saturated rings. The summed E-state index contributed by atoms with van der Waals surface area (Å²) >= 11 is 8.12. The number of hydrogen-bond acceptors (Lipinski definition) is 3. The van der Waals surface area contributed by atoms with Gasteiger partial charge in [-0.1, -0.05) is 0 Å². The monoisotopic (exact) mass is 589 g/mol. The number of rotatable bonds is 5. The lowest BCUT2D eigenvalue weighted by atomic mass is 10.3. The van der Waals surface area contributed by atoms with E-state index in [2.05, 4.69) is 73.1 Å². The smallest absolute Gasteiger partial charge is 0.234 e. The molecule has 3 nitrogen and oxygen atoms in total. The van der Waals surface area contributed by atoms with Gasteiger partial charge >= 0.3 is 0 Å². The van der Waals surface area contributed by atoms with Crippen molar-refractivity contribution in [3.63, 3.8) is 0 Å². The predicted molar refractivity (Wildman–Crippen MR) is 97.6 cm³/mol. The lowest BCUT2D eigenvalue weighted by Gasteiger charge is -2.10. The molecule has 0 bridgehead atoms. The highest BCUT2D eigenvalue weighted by atomic mass is 127. The number of aliphatic hydroxyl groups is 1. The minimum Gasteiger partial charge on any atom is -0.396 e. The molecule has 0 aromatic heterocycles. The molecular weight excluding hydrogens is 579 g/mol. The molecule has 7 heteroatoms. The zero-order valence-electron chi connectivity index (χ0n) is 8.67. The van der Waals surface area contributed by atoms with Crippen LogP contribution in [0.4, 0.5) is 5.69 Å². The van der Waals surface area contributed by atoms with E-state index in [1.807, 2.05) is 12.1 Å². The van der Waals surface area contributed by atoms with Gasteiger partial charge in [-0.15, -0.1) is 11.8 Å². The molecule has 0 saturated heterocycles. The molecule has 0 atom stereocenters. The van der Waals surface area contributed by atoms with Crippen LogP contribution in [-0.4, -0.2) is 29.1 Å². The molecule has 17 heavy (non-hydrogen) atoms. The number of aliphatic hydroxyl groups excluding tert-OH is 1. The maximum atomic E-state index is 11.7. The average Bonchev–Trinajstić information content (AvgIpc) is 2.24. The molecular formula is C10H10I3NO2S. The van der Waals surface area contributed by atoms with Crippen molar-refractivity contribution >= 4 is 91.1 Å². The molecule has 0 saturated carbocycles. The Hall–Kier alpha value is 1.19. The number of carbonyl (C=O) groups excluding carboxylic acids is 1. The third-order valence-corrected chi connectivity index (χ3v) is 5.00. The molecule has 1 aromatic rings. The third-order valence-electron chi connectivity index (χ3n) is 1.74. The second-order valence-corrected chi connectivity index (χ2v) is 7.74. The first-order valence-corrected chi connectivity index (χ1v) is 9.06. The highest BCUT2D eigenvalue weighted by Crippen LogP contribution is 2.27. The van der Waals surface area contributed by atoms with Crippen molar-refractivity contribution in [2.75, 3.05) is 23.4 Å². The molecule has 0 aliphatic carbocycles. The summed E-state index contributed by atoms with van der Waals surface area (Å²) in [6, 6.07) is 4.06. The van der Waals surface area contributed by atoms with Crippen molar-refractivity contribution in [2.24, 2.45) is 0 Å². The normalized spacial score (nSPS) is 10.4. The van der Waals surface area contributed by atoms with Crippen molar-refractivity contribution in [3.05, 3.63) is 22.8 Å². The minimum atomic E-state index is -0.0273. The summed E-state index contributed by atoms with van der Waals surface area (Å²) in [4.78, 5) is 11.7. The maximum Gasteiger partial charge on any atom is 0.234 e.